The van der Waals surface area contributed by atoms with E-state index in [0.717, 1.165) is 25.1 Å². The van der Waals surface area contributed by atoms with Crippen LogP contribution >= 0.6 is 0 Å². The van der Waals surface area contributed by atoms with Gasteiger partial charge in [-0.05, 0) is 36.6 Å². The van der Waals surface area contributed by atoms with Crippen molar-refractivity contribution in [1.82, 2.24) is 4.72 Å². The van der Waals surface area contributed by atoms with E-state index in [2.05, 4.69) is 9.62 Å². The van der Waals surface area contributed by atoms with E-state index in [1.165, 1.54) is 17.5 Å². The van der Waals surface area contributed by atoms with Crippen LogP contribution in [-0.4, -0.2) is 34.3 Å². The van der Waals surface area contributed by atoms with Crippen molar-refractivity contribution in [2.45, 2.75) is 12.8 Å². The second-order valence-electron chi connectivity index (χ2n) is 4.65. The van der Waals surface area contributed by atoms with Gasteiger partial charge in [-0.1, -0.05) is 0 Å². The lowest BCUT2D eigenvalue weighted by Gasteiger charge is -2.31. The summed E-state index contributed by atoms with van der Waals surface area (Å²) in [5, 5.41) is 0. The Hall–Kier alpha value is -1.27. The van der Waals surface area contributed by atoms with Crippen LogP contribution in [0, 0.1) is 0 Å². The summed E-state index contributed by atoms with van der Waals surface area (Å²) in [6.45, 7) is 2.08. The van der Waals surface area contributed by atoms with E-state index in [1.807, 2.05) is 18.2 Å². The van der Waals surface area contributed by atoms with Crippen molar-refractivity contribution in [3.05, 3.63) is 23.8 Å². The molecule has 1 heterocycles. The molecule has 0 spiro atoms. The molecule has 0 unspecified atom stereocenters. The van der Waals surface area contributed by atoms with Gasteiger partial charge in [0, 0.05) is 31.0 Å². The Morgan fingerprint density at radius 3 is 2.94 bits per heavy atom. The summed E-state index contributed by atoms with van der Waals surface area (Å²) in [5.41, 5.74) is 8.98. The first kappa shape index (κ1) is 13.2. The lowest BCUT2D eigenvalue weighted by Crippen LogP contribution is -2.37. The molecule has 6 heteroatoms. The first-order valence-corrected chi connectivity index (χ1v) is 7.93. The van der Waals surface area contributed by atoms with Crippen LogP contribution in [0.3, 0.4) is 0 Å². The van der Waals surface area contributed by atoms with Gasteiger partial charge in [0.05, 0.1) is 6.26 Å². The van der Waals surface area contributed by atoms with Gasteiger partial charge in [0.1, 0.15) is 0 Å². The summed E-state index contributed by atoms with van der Waals surface area (Å²) in [5.74, 6) is 0. The van der Waals surface area contributed by atoms with Crippen molar-refractivity contribution < 1.29 is 8.42 Å². The van der Waals surface area contributed by atoms with Crippen LogP contribution in [0.1, 0.15) is 12.0 Å². The molecule has 1 aromatic rings. The smallest absolute Gasteiger partial charge is 0.208 e. The molecule has 100 valence electrons. The van der Waals surface area contributed by atoms with Gasteiger partial charge in [-0.2, -0.15) is 0 Å². The van der Waals surface area contributed by atoms with Crippen LogP contribution in [0.2, 0.25) is 0 Å². The van der Waals surface area contributed by atoms with Gasteiger partial charge < -0.3 is 10.6 Å². The van der Waals surface area contributed by atoms with Gasteiger partial charge in [-0.15, -0.1) is 0 Å². The second-order valence-corrected chi connectivity index (χ2v) is 6.48. The summed E-state index contributed by atoms with van der Waals surface area (Å²) in [6, 6.07) is 5.91. The molecule has 1 aliphatic rings. The van der Waals surface area contributed by atoms with Crippen molar-refractivity contribution >= 4 is 21.4 Å². The number of nitrogens with one attached hydrogen (secondary N) is 1. The van der Waals surface area contributed by atoms with Crippen molar-refractivity contribution in [3.63, 3.8) is 0 Å². The molecule has 0 atom stereocenters. The predicted molar refractivity (Wildman–Crippen MR) is 74.2 cm³/mol. The summed E-state index contributed by atoms with van der Waals surface area (Å²) >= 11 is 0. The molecule has 1 aliphatic heterocycles. The van der Waals surface area contributed by atoms with E-state index in [9.17, 15) is 8.42 Å². The van der Waals surface area contributed by atoms with E-state index in [1.54, 1.807) is 0 Å². The lowest BCUT2D eigenvalue weighted by atomic mass is 10.0. The lowest BCUT2D eigenvalue weighted by molar-refractivity contribution is 0.585. The van der Waals surface area contributed by atoms with Gasteiger partial charge in [0.2, 0.25) is 10.0 Å². The Morgan fingerprint density at radius 2 is 2.22 bits per heavy atom. The third-order valence-electron chi connectivity index (χ3n) is 3.06. The van der Waals surface area contributed by atoms with Crippen molar-refractivity contribution in [2.75, 3.05) is 36.5 Å². The molecule has 0 bridgehead atoms. The number of benzene rings is 1. The van der Waals surface area contributed by atoms with Crippen LogP contribution < -0.4 is 15.4 Å². The van der Waals surface area contributed by atoms with Gasteiger partial charge in [-0.25, -0.2) is 13.1 Å². The van der Waals surface area contributed by atoms with Gasteiger partial charge in [-0.3, -0.25) is 0 Å². The summed E-state index contributed by atoms with van der Waals surface area (Å²) in [4.78, 5) is 2.20. The number of anilines is 2. The predicted octanol–water partition coefficient (Wildman–Crippen LogP) is 0.571. The molecule has 0 amide bonds. The molecule has 3 N–H and O–H groups in total. The third kappa shape index (κ3) is 3.36. The zero-order valence-corrected chi connectivity index (χ0v) is 11.3. The number of nitrogens with zero attached hydrogens (tertiary/aromatic N) is 1. The number of aryl methyl sites for hydroxylation is 1. The number of fused-ring (bicyclic) bond motifs is 1. The Morgan fingerprint density at radius 1 is 1.44 bits per heavy atom. The van der Waals surface area contributed by atoms with E-state index >= 15 is 0 Å². The minimum atomic E-state index is -3.11. The standard InChI is InChI=1S/C12H19N3O2S/c1-18(16,17)14-6-8-15-7-2-3-10-9-11(13)4-5-12(10)15/h4-5,9,14H,2-3,6-8,13H2,1H3. The van der Waals surface area contributed by atoms with Crippen LogP contribution in [0.25, 0.3) is 0 Å². The fourth-order valence-electron chi connectivity index (χ4n) is 2.29. The SMILES string of the molecule is CS(=O)(=O)NCCN1CCCc2cc(N)ccc21. The number of nitrogens with two attached hydrogens (primary N) is 1. The Balaban J connectivity index is 2.04. The molecular weight excluding hydrogens is 250 g/mol. The molecule has 5 nitrogen and oxygen atoms in total. The molecular formula is C12H19N3O2S. The maximum Gasteiger partial charge on any atom is 0.208 e. The average Bonchev–Trinajstić information content (AvgIpc) is 2.27. The van der Waals surface area contributed by atoms with E-state index in [-0.39, 0.29) is 0 Å². The molecule has 1 aromatic carbocycles. The number of hydrogen-bond donors (Lipinski definition) is 2. The van der Waals surface area contributed by atoms with Crippen LogP contribution in [-0.2, 0) is 16.4 Å². The largest absolute Gasteiger partial charge is 0.399 e. The maximum absolute atomic E-state index is 11.0. The molecule has 2 rings (SSSR count). The molecule has 0 fully saturated rings. The monoisotopic (exact) mass is 269 g/mol. The highest BCUT2D eigenvalue weighted by Gasteiger charge is 2.16. The molecule has 0 saturated carbocycles. The second kappa shape index (κ2) is 5.16. The third-order valence-corrected chi connectivity index (χ3v) is 3.79. The molecule has 18 heavy (non-hydrogen) atoms. The number of nitrogen functional groups attached to an aromatic ring is 1. The number of rotatable bonds is 4. The van der Waals surface area contributed by atoms with E-state index in [0.29, 0.717) is 13.1 Å². The Labute approximate surface area is 108 Å². The fourth-order valence-corrected chi connectivity index (χ4v) is 2.76. The minimum Gasteiger partial charge on any atom is -0.399 e. The van der Waals surface area contributed by atoms with Crippen molar-refractivity contribution in [2.24, 2.45) is 0 Å². The highest BCUT2D eigenvalue weighted by atomic mass is 32.2. The maximum atomic E-state index is 11.0. The van der Waals surface area contributed by atoms with Gasteiger partial charge in [0.25, 0.3) is 0 Å². The highest BCUT2D eigenvalue weighted by molar-refractivity contribution is 7.88. The van der Waals surface area contributed by atoms with E-state index in [4.69, 9.17) is 5.73 Å². The van der Waals surface area contributed by atoms with Crippen LogP contribution in [0.15, 0.2) is 18.2 Å². The van der Waals surface area contributed by atoms with Gasteiger partial charge in [0.15, 0.2) is 0 Å². The Kier molecular flexibility index (Phi) is 3.77. The normalized spacial score (nSPS) is 15.5. The fraction of sp³-hybridized carbons (Fsp3) is 0.500. The molecule has 0 aliphatic carbocycles. The zero-order chi connectivity index (χ0) is 13.2. The zero-order valence-electron chi connectivity index (χ0n) is 10.5. The number of hydrogen-bond acceptors (Lipinski definition) is 4. The highest BCUT2D eigenvalue weighted by Crippen LogP contribution is 2.28. The topological polar surface area (TPSA) is 75.4 Å². The molecule has 0 aromatic heterocycles. The quantitative estimate of drug-likeness (QED) is 0.784. The van der Waals surface area contributed by atoms with Crippen LogP contribution in [0.4, 0.5) is 11.4 Å². The van der Waals surface area contributed by atoms with E-state index < -0.39 is 10.0 Å². The summed E-state index contributed by atoms with van der Waals surface area (Å²) in [7, 11) is -3.11. The Bertz CT molecular complexity index is 528. The van der Waals surface area contributed by atoms with Gasteiger partial charge >= 0.3 is 0 Å². The first-order chi connectivity index (χ1) is 8.46. The summed E-state index contributed by atoms with van der Waals surface area (Å²) < 4.78 is 24.6. The van der Waals surface area contributed by atoms with Crippen LogP contribution in [0.5, 0.6) is 0 Å². The average molecular weight is 269 g/mol. The van der Waals surface area contributed by atoms with Crippen molar-refractivity contribution in [1.29, 1.82) is 0 Å². The molecule has 0 radical (unpaired) electrons. The first-order valence-electron chi connectivity index (χ1n) is 6.04. The number of sulfonamides is 1. The summed E-state index contributed by atoms with van der Waals surface area (Å²) in [6.07, 6.45) is 3.30. The van der Waals surface area contributed by atoms with Crippen molar-refractivity contribution in [3.8, 4) is 0 Å². The minimum absolute atomic E-state index is 0.433. The molecule has 0 saturated heterocycles.